The second kappa shape index (κ2) is 7.79. The van der Waals surface area contributed by atoms with Crippen molar-refractivity contribution in [1.82, 2.24) is 10.4 Å². The first-order valence-electron chi connectivity index (χ1n) is 8.94. The van der Waals surface area contributed by atoms with Crippen molar-refractivity contribution in [2.75, 3.05) is 0 Å². The Morgan fingerprint density at radius 1 is 1.10 bits per heavy atom. The molecule has 0 unspecified atom stereocenters. The Morgan fingerprint density at radius 2 is 1.90 bits per heavy atom. The van der Waals surface area contributed by atoms with Gasteiger partial charge in [-0.25, -0.2) is 10.4 Å². The fraction of sp³-hybridized carbons (Fsp3) is 0.0435. The fourth-order valence-electron chi connectivity index (χ4n) is 2.96. The van der Waals surface area contributed by atoms with Crippen LogP contribution in [0.2, 0.25) is 0 Å². The lowest BCUT2D eigenvalue weighted by atomic mass is 10.1. The van der Waals surface area contributed by atoms with E-state index in [0.717, 1.165) is 10.9 Å². The van der Waals surface area contributed by atoms with E-state index in [1.807, 2.05) is 24.3 Å². The Bertz CT molecular complexity index is 1250. The Balaban J connectivity index is 1.66. The molecule has 4 aromatic rings. The van der Waals surface area contributed by atoms with Gasteiger partial charge in [-0.05, 0) is 48.9 Å². The van der Waals surface area contributed by atoms with E-state index in [0.29, 0.717) is 33.8 Å². The minimum Gasteiger partial charge on any atom is -0.463 e. The largest absolute Gasteiger partial charge is 0.463 e. The van der Waals surface area contributed by atoms with Crippen molar-refractivity contribution in [1.29, 1.82) is 5.26 Å². The fourth-order valence-corrected chi connectivity index (χ4v) is 2.96. The maximum absolute atomic E-state index is 12.9. The van der Waals surface area contributed by atoms with Gasteiger partial charge in [0.1, 0.15) is 5.69 Å². The molecule has 29 heavy (non-hydrogen) atoms. The number of nitrogens with one attached hydrogen (secondary N) is 1. The summed E-state index contributed by atoms with van der Waals surface area (Å²) in [6.45, 7) is 1.79. The van der Waals surface area contributed by atoms with E-state index in [-0.39, 0.29) is 5.91 Å². The number of hydrogen-bond acceptors (Lipinski definition) is 5. The minimum absolute atomic E-state index is 0.343. The average Bonchev–Trinajstić information content (AvgIpc) is 3.31. The summed E-state index contributed by atoms with van der Waals surface area (Å²) in [7, 11) is 0. The Morgan fingerprint density at radius 3 is 2.62 bits per heavy atom. The van der Waals surface area contributed by atoms with E-state index < -0.39 is 0 Å². The van der Waals surface area contributed by atoms with Crippen molar-refractivity contribution < 1.29 is 9.21 Å². The molecule has 0 saturated carbocycles. The van der Waals surface area contributed by atoms with Crippen molar-refractivity contribution in [3.8, 4) is 17.5 Å². The SMILES string of the molecule is C/C(=N\NC(=O)c1cc(-c2ccco2)nc2ccccc12)c1ccc(C#N)cc1. The Hall–Kier alpha value is -4.24. The van der Waals surface area contributed by atoms with Crippen molar-refractivity contribution >= 4 is 22.5 Å². The van der Waals surface area contributed by atoms with Gasteiger partial charge in [0, 0.05) is 5.39 Å². The standard InChI is InChI=1S/C23H16N4O2/c1-15(17-10-8-16(14-24)9-11-17)26-27-23(28)19-13-21(22-7-4-12-29-22)25-20-6-3-2-5-18(19)20/h2-13H,1H3,(H,27,28)/b26-15+. The topological polar surface area (TPSA) is 91.3 Å². The second-order valence-electron chi connectivity index (χ2n) is 6.38. The van der Waals surface area contributed by atoms with E-state index in [1.165, 1.54) is 0 Å². The first-order chi connectivity index (χ1) is 14.2. The third kappa shape index (κ3) is 3.75. The number of hydrogen-bond donors (Lipinski definition) is 1. The molecule has 2 aromatic carbocycles. The third-order valence-corrected chi connectivity index (χ3v) is 4.49. The highest BCUT2D eigenvalue weighted by atomic mass is 16.3. The number of para-hydroxylation sites is 1. The summed E-state index contributed by atoms with van der Waals surface area (Å²) in [5.41, 5.74) is 6.36. The number of furan rings is 1. The van der Waals surface area contributed by atoms with Gasteiger partial charge in [0.2, 0.25) is 0 Å². The van der Waals surface area contributed by atoms with E-state index in [2.05, 4.69) is 21.6 Å². The van der Waals surface area contributed by atoms with Gasteiger partial charge in [0.05, 0.1) is 34.7 Å². The van der Waals surface area contributed by atoms with Gasteiger partial charge in [-0.3, -0.25) is 4.79 Å². The molecule has 6 nitrogen and oxygen atoms in total. The lowest BCUT2D eigenvalue weighted by molar-refractivity contribution is 0.0956. The van der Waals surface area contributed by atoms with E-state index >= 15 is 0 Å². The molecule has 0 saturated heterocycles. The van der Waals surface area contributed by atoms with Crippen LogP contribution in [0.15, 0.2) is 82.5 Å². The van der Waals surface area contributed by atoms with E-state index in [4.69, 9.17) is 9.68 Å². The van der Waals surface area contributed by atoms with Crippen LogP contribution in [0.4, 0.5) is 0 Å². The number of hydrazone groups is 1. The molecule has 0 atom stereocenters. The highest BCUT2D eigenvalue weighted by Gasteiger charge is 2.15. The number of aromatic nitrogens is 1. The predicted molar refractivity (Wildman–Crippen MR) is 110 cm³/mol. The van der Waals surface area contributed by atoms with Crippen LogP contribution in [0, 0.1) is 11.3 Å². The summed E-state index contributed by atoms with van der Waals surface area (Å²) in [6, 6.07) is 21.8. The van der Waals surface area contributed by atoms with Crippen LogP contribution >= 0.6 is 0 Å². The molecule has 0 aliphatic heterocycles. The molecule has 0 bridgehead atoms. The van der Waals surface area contributed by atoms with Gasteiger partial charge in [0.25, 0.3) is 5.91 Å². The number of nitriles is 1. The Kier molecular flexibility index (Phi) is 4.87. The monoisotopic (exact) mass is 380 g/mol. The molecule has 0 aliphatic rings. The molecular weight excluding hydrogens is 364 g/mol. The highest BCUT2D eigenvalue weighted by molar-refractivity contribution is 6.08. The Labute approximate surface area is 167 Å². The predicted octanol–water partition coefficient (Wildman–Crippen LogP) is 4.52. The van der Waals surface area contributed by atoms with E-state index in [9.17, 15) is 4.79 Å². The van der Waals surface area contributed by atoms with Crippen LogP contribution in [0.3, 0.4) is 0 Å². The molecule has 1 amide bonds. The molecular formula is C23H16N4O2. The van der Waals surface area contributed by atoms with Crippen LogP contribution in [-0.4, -0.2) is 16.6 Å². The summed E-state index contributed by atoms with van der Waals surface area (Å²) >= 11 is 0. The van der Waals surface area contributed by atoms with Crippen molar-refractivity contribution in [2.45, 2.75) is 6.92 Å². The van der Waals surface area contributed by atoms with E-state index in [1.54, 1.807) is 55.7 Å². The average molecular weight is 380 g/mol. The van der Waals surface area contributed by atoms with Crippen LogP contribution in [-0.2, 0) is 0 Å². The third-order valence-electron chi connectivity index (χ3n) is 4.49. The maximum atomic E-state index is 12.9. The molecule has 2 heterocycles. The molecule has 6 heteroatoms. The lowest BCUT2D eigenvalue weighted by Gasteiger charge is -2.08. The molecule has 0 spiro atoms. The van der Waals surface area contributed by atoms with Gasteiger partial charge >= 0.3 is 0 Å². The quantitative estimate of drug-likeness (QED) is 0.416. The number of amides is 1. The van der Waals surface area contributed by atoms with Crippen LogP contribution in [0.1, 0.15) is 28.4 Å². The number of carbonyl (C=O) groups is 1. The molecule has 0 aliphatic carbocycles. The number of carbonyl (C=O) groups excluding carboxylic acids is 1. The first kappa shape index (κ1) is 18.1. The molecule has 4 rings (SSSR count). The molecule has 1 N–H and O–H groups in total. The van der Waals surface area contributed by atoms with Gasteiger partial charge in [-0.2, -0.15) is 10.4 Å². The highest BCUT2D eigenvalue weighted by Crippen LogP contribution is 2.25. The molecule has 2 aromatic heterocycles. The second-order valence-corrected chi connectivity index (χ2v) is 6.38. The van der Waals surface area contributed by atoms with Gasteiger partial charge in [-0.15, -0.1) is 0 Å². The summed E-state index contributed by atoms with van der Waals surface area (Å²) < 4.78 is 5.43. The van der Waals surface area contributed by atoms with Crippen LogP contribution in [0.5, 0.6) is 0 Å². The summed E-state index contributed by atoms with van der Waals surface area (Å²) in [5, 5.41) is 13.8. The normalized spacial score (nSPS) is 11.2. The van der Waals surface area contributed by atoms with Crippen LogP contribution in [0.25, 0.3) is 22.4 Å². The van der Waals surface area contributed by atoms with Crippen molar-refractivity contribution in [3.63, 3.8) is 0 Å². The molecule has 140 valence electrons. The molecule has 0 fully saturated rings. The number of nitrogens with zero attached hydrogens (tertiary/aromatic N) is 3. The summed E-state index contributed by atoms with van der Waals surface area (Å²) in [4.78, 5) is 17.5. The van der Waals surface area contributed by atoms with Gasteiger partial charge < -0.3 is 4.42 Å². The maximum Gasteiger partial charge on any atom is 0.272 e. The zero-order valence-electron chi connectivity index (χ0n) is 15.6. The van der Waals surface area contributed by atoms with Crippen molar-refractivity contribution in [3.05, 3.63) is 89.7 Å². The molecule has 0 radical (unpaired) electrons. The minimum atomic E-state index is -0.343. The lowest BCUT2D eigenvalue weighted by Crippen LogP contribution is -2.20. The van der Waals surface area contributed by atoms with Crippen LogP contribution < -0.4 is 5.43 Å². The first-order valence-corrected chi connectivity index (χ1v) is 8.94. The van der Waals surface area contributed by atoms with Crippen molar-refractivity contribution in [2.24, 2.45) is 5.10 Å². The number of rotatable bonds is 4. The van der Waals surface area contributed by atoms with Gasteiger partial charge in [0.15, 0.2) is 5.76 Å². The zero-order chi connectivity index (χ0) is 20.2. The summed E-state index contributed by atoms with van der Waals surface area (Å²) in [6.07, 6.45) is 1.57. The smallest absolute Gasteiger partial charge is 0.272 e. The number of benzene rings is 2. The number of fused-ring (bicyclic) bond motifs is 1. The zero-order valence-corrected chi connectivity index (χ0v) is 15.6. The summed E-state index contributed by atoms with van der Waals surface area (Å²) in [5.74, 6) is 0.242. The van der Waals surface area contributed by atoms with Gasteiger partial charge in [-0.1, -0.05) is 30.3 Å². The number of pyridine rings is 1.